The number of carbonyl (C=O) groups is 2. The summed E-state index contributed by atoms with van der Waals surface area (Å²) in [6.45, 7) is 0.0634. The second-order valence-electron chi connectivity index (χ2n) is 6.87. The van der Waals surface area contributed by atoms with Crippen LogP contribution in [0.15, 0.2) is 23.0 Å². The SMILES string of the molecule is CN(C)C(=O)c1c2c(c(O)c(=O)n1C)C(=O)N(Cc1cc(F)cc(F)c1)CC2. The van der Waals surface area contributed by atoms with Gasteiger partial charge >= 0.3 is 0 Å². The zero-order valence-electron chi connectivity index (χ0n) is 15.6. The number of pyridine rings is 1. The summed E-state index contributed by atoms with van der Waals surface area (Å²) in [4.78, 5) is 40.4. The fourth-order valence-electron chi connectivity index (χ4n) is 3.37. The van der Waals surface area contributed by atoms with Crippen LogP contribution in [0, 0.1) is 11.6 Å². The zero-order chi connectivity index (χ0) is 20.7. The molecule has 0 radical (unpaired) electrons. The molecule has 28 heavy (non-hydrogen) atoms. The third kappa shape index (κ3) is 3.23. The fraction of sp³-hybridized carbons (Fsp3) is 0.316. The Morgan fingerprint density at radius 1 is 1.18 bits per heavy atom. The highest BCUT2D eigenvalue weighted by Crippen LogP contribution is 2.29. The Labute approximate surface area is 159 Å². The van der Waals surface area contributed by atoms with Crippen molar-refractivity contribution >= 4 is 11.8 Å². The number of hydrogen-bond donors (Lipinski definition) is 1. The highest BCUT2D eigenvalue weighted by molar-refractivity contribution is 6.03. The summed E-state index contributed by atoms with van der Waals surface area (Å²) in [7, 11) is 4.38. The average Bonchev–Trinajstić information content (AvgIpc) is 2.61. The Hall–Kier alpha value is -3.23. The van der Waals surface area contributed by atoms with E-state index in [0.29, 0.717) is 0 Å². The predicted molar refractivity (Wildman–Crippen MR) is 96.2 cm³/mol. The molecule has 1 aromatic carbocycles. The van der Waals surface area contributed by atoms with Crippen molar-refractivity contribution in [3.8, 4) is 5.75 Å². The first-order valence-corrected chi connectivity index (χ1v) is 8.52. The molecule has 0 atom stereocenters. The highest BCUT2D eigenvalue weighted by atomic mass is 19.1. The van der Waals surface area contributed by atoms with E-state index in [1.807, 2.05) is 0 Å². The number of halogens is 2. The molecule has 1 N–H and O–H groups in total. The third-order valence-corrected chi connectivity index (χ3v) is 4.70. The molecule has 0 bridgehead atoms. The number of aromatic hydroxyl groups is 1. The predicted octanol–water partition coefficient (Wildman–Crippen LogP) is 1.27. The van der Waals surface area contributed by atoms with Crippen molar-refractivity contribution in [3.05, 3.63) is 62.6 Å². The van der Waals surface area contributed by atoms with Crippen LogP contribution < -0.4 is 5.56 Å². The summed E-state index contributed by atoms with van der Waals surface area (Å²) in [5.41, 5.74) is -0.549. The van der Waals surface area contributed by atoms with Crippen molar-refractivity contribution in [2.45, 2.75) is 13.0 Å². The van der Waals surface area contributed by atoms with Gasteiger partial charge in [-0.1, -0.05) is 0 Å². The van der Waals surface area contributed by atoms with Gasteiger partial charge in [0.25, 0.3) is 17.4 Å². The number of fused-ring (bicyclic) bond motifs is 1. The third-order valence-electron chi connectivity index (χ3n) is 4.70. The molecule has 0 spiro atoms. The summed E-state index contributed by atoms with van der Waals surface area (Å²) < 4.78 is 27.9. The van der Waals surface area contributed by atoms with Crippen LogP contribution >= 0.6 is 0 Å². The van der Waals surface area contributed by atoms with Crippen molar-refractivity contribution < 1.29 is 23.5 Å². The van der Waals surface area contributed by atoms with Gasteiger partial charge in [0, 0.05) is 45.9 Å². The van der Waals surface area contributed by atoms with E-state index in [9.17, 15) is 28.3 Å². The molecule has 2 amide bonds. The van der Waals surface area contributed by atoms with E-state index in [1.165, 1.54) is 30.9 Å². The lowest BCUT2D eigenvalue weighted by atomic mass is 9.95. The summed E-state index contributed by atoms with van der Waals surface area (Å²) in [5, 5.41) is 10.3. The average molecular weight is 391 g/mol. The first-order chi connectivity index (χ1) is 13.1. The van der Waals surface area contributed by atoms with E-state index in [1.54, 1.807) is 0 Å². The molecule has 2 heterocycles. The van der Waals surface area contributed by atoms with Crippen molar-refractivity contribution in [2.24, 2.45) is 7.05 Å². The standard InChI is InChI=1S/C19H19F2N3O4/c1-22(2)18(27)15-13-4-5-24(9-10-6-11(20)8-12(21)7-10)17(26)14(13)16(25)19(28)23(15)3/h6-8,25H,4-5,9H2,1-3H3. The van der Waals surface area contributed by atoms with Crippen molar-refractivity contribution in [1.29, 1.82) is 0 Å². The fourth-order valence-corrected chi connectivity index (χ4v) is 3.37. The first-order valence-electron chi connectivity index (χ1n) is 8.52. The first kappa shape index (κ1) is 19.5. The maximum Gasteiger partial charge on any atom is 0.293 e. The lowest BCUT2D eigenvalue weighted by Gasteiger charge is -2.31. The second kappa shape index (κ2) is 7.06. The summed E-state index contributed by atoms with van der Waals surface area (Å²) >= 11 is 0. The van der Waals surface area contributed by atoms with E-state index in [0.717, 1.165) is 22.8 Å². The second-order valence-corrected chi connectivity index (χ2v) is 6.87. The van der Waals surface area contributed by atoms with Gasteiger partial charge in [-0.15, -0.1) is 0 Å². The molecule has 1 aliphatic heterocycles. The molecular weight excluding hydrogens is 372 g/mol. The van der Waals surface area contributed by atoms with E-state index < -0.39 is 34.8 Å². The minimum absolute atomic E-state index is 0.0348. The van der Waals surface area contributed by atoms with E-state index >= 15 is 0 Å². The molecule has 0 aliphatic carbocycles. The zero-order valence-corrected chi connectivity index (χ0v) is 15.6. The Balaban J connectivity index is 2.07. The smallest absolute Gasteiger partial charge is 0.293 e. The van der Waals surface area contributed by atoms with Gasteiger partial charge < -0.3 is 19.5 Å². The minimum Gasteiger partial charge on any atom is -0.502 e. The maximum atomic E-state index is 13.4. The van der Waals surface area contributed by atoms with E-state index in [2.05, 4.69) is 0 Å². The van der Waals surface area contributed by atoms with Gasteiger partial charge in [-0.25, -0.2) is 8.78 Å². The number of nitrogens with zero attached hydrogens (tertiary/aromatic N) is 3. The van der Waals surface area contributed by atoms with Crippen LogP contribution in [0.2, 0.25) is 0 Å². The van der Waals surface area contributed by atoms with Crippen LogP contribution in [-0.4, -0.2) is 51.9 Å². The van der Waals surface area contributed by atoms with Gasteiger partial charge in [0.15, 0.2) is 5.75 Å². The Bertz CT molecular complexity index is 1030. The molecule has 7 nitrogen and oxygen atoms in total. The van der Waals surface area contributed by atoms with Gasteiger partial charge in [-0.05, 0) is 24.1 Å². The quantitative estimate of drug-likeness (QED) is 0.854. The number of hydrogen-bond acceptors (Lipinski definition) is 4. The molecule has 2 aromatic rings. The minimum atomic E-state index is -0.865. The molecule has 1 aliphatic rings. The van der Waals surface area contributed by atoms with Crippen LogP contribution in [-0.2, 0) is 20.0 Å². The lowest BCUT2D eigenvalue weighted by Crippen LogP contribution is -2.42. The van der Waals surface area contributed by atoms with Crippen LogP contribution in [0.1, 0.15) is 32.0 Å². The van der Waals surface area contributed by atoms with E-state index in [-0.39, 0.29) is 41.9 Å². The Kier molecular flexibility index (Phi) is 4.93. The lowest BCUT2D eigenvalue weighted by molar-refractivity contribution is 0.0719. The van der Waals surface area contributed by atoms with Crippen LogP contribution in [0.5, 0.6) is 5.75 Å². The van der Waals surface area contributed by atoms with E-state index in [4.69, 9.17) is 0 Å². The van der Waals surface area contributed by atoms with Gasteiger partial charge in [0.2, 0.25) is 0 Å². The van der Waals surface area contributed by atoms with Crippen molar-refractivity contribution in [1.82, 2.24) is 14.4 Å². The number of carbonyl (C=O) groups excluding carboxylic acids is 2. The molecular formula is C19H19F2N3O4. The number of aromatic nitrogens is 1. The molecule has 0 fully saturated rings. The molecule has 9 heteroatoms. The van der Waals surface area contributed by atoms with Crippen molar-refractivity contribution in [3.63, 3.8) is 0 Å². The highest BCUT2D eigenvalue weighted by Gasteiger charge is 2.34. The molecule has 0 saturated carbocycles. The molecule has 148 valence electrons. The monoisotopic (exact) mass is 391 g/mol. The number of benzene rings is 1. The summed E-state index contributed by atoms with van der Waals surface area (Å²) in [6, 6.07) is 2.94. The van der Waals surface area contributed by atoms with Gasteiger partial charge in [-0.3, -0.25) is 14.4 Å². The number of rotatable bonds is 3. The number of amides is 2. The van der Waals surface area contributed by atoms with Crippen LogP contribution in [0.25, 0.3) is 0 Å². The molecule has 0 saturated heterocycles. The van der Waals surface area contributed by atoms with Gasteiger partial charge in [-0.2, -0.15) is 0 Å². The van der Waals surface area contributed by atoms with Gasteiger partial charge in [0.05, 0.1) is 5.56 Å². The molecule has 1 aromatic heterocycles. The maximum absolute atomic E-state index is 13.4. The summed E-state index contributed by atoms with van der Waals surface area (Å²) in [5.74, 6) is -3.42. The molecule has 0 unspecified atom stereocenters. The molecule has 3 rings (SSSR count). The van der Waals surface area contributed by atoms with Crippen molar-refractivity contribution in [2.75, 3.05) is 20.6 Å². The van der Waals surface area contributed by atoms with Crippen LogP contribution in [0.4, 0.5) is 8.78 Å². The summed E-state index contributed by atoms with van der Waals surface area (Å²) in [6.07, 6.45) is 0.204. The topological polar surface area (TPSA) is 82.9 Å². The Morgan fingerprint density at radius 3 is 2.36 bits per heavy atom. The van der Waals surface area contributed by atoms with Gasteiger partial charge in [0.1, 0.15) is 17.3 Å². The van der Waals surface area contributed by atoms with Crippen LogP contribution in [0.3, 0.4) is 0 Å². The Morgan fingerprint density at radius 2 is 1.79 bits per heavy atom. The normalized spacial score (nSPS) is 13.5. The largest absolute Gasteiger partial charge is 0.502 e.